The summed E-state index contributed by atoms with van der Waals surface area (Å²) in [4.78, 5) is 0. The molecule has 1 aromatic carbocycles. The van der Waals surface area contributed by atoms with Gasteiger partial charge in [-0.15, -0.1) is 0 Å². The maximum atomic E-state index is 13.8. The molecule has 1 saturated heterocycles. The first-order chi connectivity index (χ1) is 8.11. The minimum atomic E-state index is -0.206. The number of halogens is 2. The predicted octanol–water partition coefficient (Wildman–Crippen LogP) is 2.22. The zero-order valence-electron chi connectivity index (χ0n) is 10.0. The van der Waals surface area contributed by atoms with Crippen molar-refractivity contribution in [3.63, 3.8) is 0 Å². The molecule has 4 heteroatoms. The lowest BCUT2D eigenvalue weighted by Gasteiger charge is -2.28. The lowest BCUT2D eigenvalue weighted by Crippen LogP contribution is -2.37. The van der Waals surface area contributed by atoms with Gasteiger partial charge in [0.15, 0.2) is 0 Å². The molecule has 1 heterocycles. The van der Waals surface area contributed by atoms with E-state index in [1.807, 2.05) is 0 Å². The SMILES string of the molecule is CC1(Cc2c(F)cccc2Cl)CNCCNC1. The molecule has 0 aliphatic carbocycles. The Morgan fingerprint density at radius 2 is 1.94 bits per heavy atom. The van der Waals surface area contributed by atoms with Crippen molar-refractivity contribution in [1.29, 1.82) is 0 Å². The van der Waals surface area contributed by atoms with Crippen LogP contribution in [0.15, 0.2) is 18.2 Å². The third-order valence-electron chi connectivity index (χ3n) is 3.25. The highest BCUT2D eigenvalue weighted by atomic mass is 35.5. The van der Waals surface area contributed by atoms with Crippen LogP contribution >= 0.6 is 11.6 Å². The van der Waals surface area contributed by atoms with Gasteiger partial charge in [-0.05, 0) is 24.0 Å². The summed E-state index contributed by atoms with van der Waals surface area (Å²) >= 11 is 6.07. The first-order valence-electron chi connectivity index (χ1n) is 5.95. The molecule has 17 heavy (non-hydrogen) atoms. The van der Waals surface area contributed by atoms with Crippen LogP contribution in [0.5, 0.6) is 0 Å². The van der Waals surface area contributed by atoms with E-state index >= 15 is 0 Å². The van der Waals surface area contributed by atoms with Crippen molar-refractivity contribution in [3.05, 3.63) is 34.6 Å². The molecule has 0 spiro atoms. The fraction of sp³-hybridized carbons (Fsp3) is 0.538. The fourth-order valence-corrected chi connectivity index (χ4v) is 2.50. The molecule has 1 aliphatic heterocycles. The van der Waals surface area contributed by atoms with Crippen molar-refractivity contribution in [2.45, 2.75) is 13.3 Å². The lowest BCUT2D eigenvalue weighted by atomic mass is 9.83. The molecule has 2 nitrogen and oxygen atoms in total. The van der Waals surface area contributed by atoms with Gasteiger partial charge in [0.1, 0.15) is 5.82 Å². The van der Waals surface area contributed by atoms with Gasteiger partial charge < -0.3 is 10.6 Å². The van der Waals surface area contributed by atoms with Crippen molar-refractivity contribution in [3.8, 4) is 0 Å². The summed E-state index contributed by atoms with van der Waals surface area (Å²) in [7, 11) is 0. The average Bonchev–Trinajstić information content (AvgIpc) is 2.49. The number of hydrogen-bond donors (Lipinski definition) is 2. The summed E-state index contributed by atoms with van der Waals surface area (Å²) in [5, 5.41) is 7.26. The highest BCUT2D eigenvalue weighted by Crippen LogP contribution is 2.28. The zero-order chi connectivity index (χ0) is 12.3. The van der Waals surface area contributed by atoms with E-state index in [1.165, 1.54) is 6.07 Å². The summed E-state index contributed by atoms with van der Waals surface area (Å²) in [5.41, 5.74) is 0.629. The number of benzene rings is 1. The van der Waals surface area contributed by atoms with Gasteiger partial charge in [0, 0.05) is 36.8 Å². The van der Waals surface area contributed by atoms with E-state index in [0.717, 1.165) is 26.2 Å². The second-order valence-electron chi connectivity index (χ2n) is 5.04. The van der Waals surface area contributed by atoms with Gasteiger partial charge in [-0.2, -0.15) is 0 Å². The maximum Gasteiger partial charge on any atom is 0.127 e. The van der Waals surface area contributed by atoms with Gasteiger partial charge in [0.25, 0.3) is 0 Å². The van der Waals surface area contributed by atoms with Crippen molar-refractivity contribution in [2.75, 3.05) is 26.2 Å². The van der Waals surface area contributed by atoms with E-state index in [-0.39, 0.29) is 11.2 Å². The Morgan fingerprint density at radius 3 is 2.53 bits per heavy atom. The minimum Gasteiger partial charge on any atom is -0.315 e. The summed E-state index contributed by atoms with van der Waals surface area (Å²) in [5.74, 6) is -0.206. The molecule has 2 rings (SSSR count). The number of hydrogen-bond acceptors (Lipinski definition) is 2. The van der Waals surface area contributed by atoms with Crippen LogP contribution in [0.3, 0.4) is 0 Å². The fourth-order valence-electron chi connectivity index (χ4n) is 2.27. The minimum absolute atomic E-state index is 0.00231. The standard InChI is InChI=1S/C13H18ClFN2/c1-13(8-16-5-6-17-9-13)7-10-11(14)3-2-4-12(10)15/h2-4,16-17H,5-9H2,1H3. The van der Waals surface area contributed by atoms with Gasteiger partial charge in [0.05, 0.1) is 0 Å². The summed E-state index contributed by atoms with van der Waals surface area (Å²) in [6.45, 7) is 5.83. The first kappa shape index (κ1) is 12.8. The van der Waals surface area contributed by atoms with Gasteiger partial charge in [-0.1, -0.05) is 24.6 Å². The van der Waals surface area contributed by atoms with Crippen molar-refractivity contribution >= 4 is 11.6 Å². The second kappa shape index (κ2) is 5.34. The average molecular weight is 257 g/mol. The molecule has 1 aromatic rings. The molecule has 1 aliphatic rings. The Kier molecular flexibility index (Phi) is 4.02. The van der Waals surface area contributed by atoms with Gasteiger partial charge in [-0.25, -0.2) is 4.39 Å². The smallest absolute Gasteiger partial charge is 0.127 e. The molecule has 0 radical (unpaired) electrons. The predicted molar refractivity (Wildman–Crippen MR) is 69.0 cm³/mol. The number of nitrogens with one attached hydrogen (secondary N) is 2. The molecule has 0 bridgehead atoms. The lowest BCUT2D eigenvalue weighted by molar-refractivity contribution is 0.310. The Bertz CT molecular complexity index is 367. The monoisotopic (exact) mass is 256 g/mol. The summed E-state index contributed by atoms with van der Waals surface area (Å²) < 4.78 is 13.8. The topological polar surface area (TPSA) is 24.1 Å². The molecular formula is C13H18ClFN2. The molecule has 94 valence electrons. The zero-order valence-corrected chi connectivity index (χ0v) is 10.8. The van der Waals surface area contributed by atoms with E-state index in [0.29, 0.717) is 17.0 Å². The highest BCUT2D eigenvalue weighted by Gasteiger charge is 2.27. The molecule has 0 amide bonds. The van der Waals surface area contributed by atoms with Crippen LogP contribution in [0.25, 0.3) is 0 Å². The van der Waals surface area contributed by atoms with Crippen LogP contribution in [-0.2, 0) is 6.42 Å². The molecule has 0 unspecified atom stereocenters. The third-order valence-corrected chi connectivity index (χ3v) is 3.60. The van der Waals surface area contributed by atoms with Gasteiger partial charge >= 0.3 is 0 Å². The van der Waals surface area contributed by atoms with Crippen LogP contribution < -0.4 is 10.6 Å². The van der Waals surface area contributed by atoms with Crippen molar-refractivity contribution in [2.24, 2.45) is 5.41 Å². The largest absolute Gasteiger partial charge is 0.315 e. The van der Waals surface area contributed by atoms with E-state index in [1.54, 1.807) is 12.1 Å². The summed E-state index contributed by atoms with van der Waals surface area (Å²) in [6.07, 6.45) is 0.651. The molecule has 2 N–H and O–H groups in total. The Hall–Kier alpha value is -0.640. The van der Waals surface area contributed by atoms with E-state index < -0.39 is 0 Å². The molecule has 1 fully saturated rings. The normalized spacial score (nSPS) is 19.9. The van der Waals surface area contributed by atoms with Crippen molar-refractivity contribution < 1.29 is 4.39 Å². The second-order valence-corrected chi connectivity index (χ2v) is 5.45. The Labute approximate surface area is 107 Å². The van der Waals surface area contributed by atoms with E-state index in [9.17, 15) is 4.39 Å². The van der Waals surface area contributed by atoms with E-state index in [2.05, 4.69) is 17.6 Å². The quantitative estimate of drug-likeness (QED) is 0.848. The molecular weight excluding hydrogens is 239 g/mol. The third kappa shape index (κ3) is 3.18. The van der Waals surface area contributed by atoms with Crippen LogP contribution in [-0.4, -0.2) is 26.2 Å². The maximum absolute atomic E-state index is 13.8. The highest BCUT2D eigenvalue weighted by molar-refractivity contribution is 6.31. The van der Waals surface area contributed by atoms with Crippen LogP contribution in [0.1, 0.15) is 12.5 Å². The van der Waals surface area contributed by atoms with Crippen molar-refractivity contribution in [1.82, 2.24) is 10.6 Å². The molecule has 0 saturated carbocycles. The first-order valence-corrected chi connectivity index (χ1v) is 6.33. The molecule has 0 atom stereocenters. The van der Waals surface area contributed by atoms with Crippen LogP contribution in [0.4, 0.5) is 4.39 Å². The van der Waals surface area contributed by atoms with Gasteiger partial charge in [-0.3, -0.25) is 0 Å². The van der Waals surface area contributed by atoms with Crippen LogP contribution in [0.2, 0.25) is 5.02 Å². The Morgan fingerprint density at radius 1 is 1.29 bits per heavy atom. The Balaban J connectivity index is 2.18. The number of rotatable bonds is 2. The van der Waals surface area contributed by atoms with Gasteiger partial charge in [0.2, 0.25) is 0 Å². The van der Waals surface area contributed by atoms with Crippen LogP contribution in [0, 0.1) is 11.2 Å². The molecule has 0 aromatic heterocycles. The summed E-state index contributed by atoms with van der Waals surface area (Å²) in [6, 6.07) is 4.87. The van der Waals surface area contributed by atoms with E-state index in [4.69, 9.17) is 11.6 Å².